The smallest absolute Gasteiger partial charge is 0.0558 e. The summed E-state index contributed by atoms with van der Waals surface area (Å²) < 4.78 is 0.772. The maximum absolute atomic E-state index is 9.02. The van der Waals surface area contributed by atoms with Gasteiger partial charge in [0.2, 0.25) is 0 Å². The highest BCUT2D eigenvalue weighted by Crippen LogP contribution is 2.40. The first-order chi connectivity index (χ1) is 7.36. The first-order valence-corrected chi connectivity index (χ1v) is 8.24. The van der Waals surface area contributed by atoms with E-state index in [9.17, 15) is 0 Å². The van der Waals surface area contributed by atoms with Crippen LogP contribution in [0.2, 0.25) is 0 Å². The fourth-order valence-electron chi connectivity index (χ4n) is 1.85. The minimum atomic E-state index is 0.366. The lowest BCUT2D eigenvalue weighted by molar-refractivity contribution is 0.301. The van der Waals surface area contributed by atoms with Gasteiger partial charge in [0, 0.05) is 11.0 Å². The molecule has 90 valence electrons. The summed E-state index contributed by atoms with van der Waals surface area (Å²) in [7, 11) is 0. The van der Waals surface area contributed by atoms with Gasteiger partial charge < -0.3 is 5.11 Å². The second-order valence-electron chi connectivity index (χ2n) is 4.26. The standard InChI is InChI=1S/C12H24OS2/c1-2-3-4-5-6-7-8-12-14-10-11(9-13)15-12/h11-13H,2-10H2,1H3/t11-,12+/m0/s1. The van der Waals surface area contributed by atoms with Gasteiger partial charge in [0.15, 0.2) is 0 Å². The molecule has 0 aromatic heterocycles. The van der Waals surface area contributed by atoms with Crippen molar-refractivity contribution in [2.75, 3.05) is 12.4 Å². The Bertz CT molecular complexity index is 153. The maximum Gasteiger partial charge on any atom is 0.0558 e. The van der Waals surface area contributed by atoms with E-state index in [2.05, 4.69) is 6.92 Å². The summed E-state index contributed by atoms with van der Waals surface area (Å²) in [6.07, 6.45) is 9.71. The molecule has 1 N–H and O–H groups in total. The Morgan fingerprint density at radius 3 is 2.53 bits per heavy atom. The summed E-state index contributed by atoms with van der Waals surface area (Å²) in [5.74, 6) is 1.15. The zero-order valence-corrected chi connectivity index (χ0v) is 11.4. The zero-order valence-electron chi connectivity index (χ0n) is 9.78. The van der Waals surface area contributed by atoms with Gasteiger partial charge in [-0.05, 0) is 6.42 Å². The molecule has 0 aromatic carbocycles. The fourth-order valence-corrected chi connectivity index (χ4v) is 5.10. The average Bonchev–Trinajstić information content (AvgIpc) is 2.71. The third-order valence-corrected chi connectivity index (χ3v) is 6.20. The second kappa shape index (κ2) is 8.77. The number of rotatable bonds is 8. The van der Waals surface area contributed by atoms with Crippen molar-refractivity contribution in [3.8, 4) is 0 Å². The van der Waals surface area contributed by atoms with Crippen LogP contribution in [-0.4, -0.2) is 27.3 Å². The fraction of sp³-hybridized carbons (Fsp3) is 1.00. The maximum atomic E-state index is 9.02. The highest BCUT2D eigenvalue weighted by Gasteiger charge is 2.24. The molecule has 1 saturated heterocycles. The van der Waals surface area contributed by atoms with Crippen LogP contribution in [0.4, 0.5) is 0 Å². The lowest BCUT2D eigenvalue weighted by Crippen LogP contribution is -2.06. The lowest BCUT2D eigenvalue weighted by Gasteiger charge is -2.08. The highest BCUT2D eigenvalue weighted by atomic mass is 32.2. The molecule has 3 heteroatoms. The Balaban J connectivity index is 1.88. The first kappa shape index (κ1) is 13.7. The van der Waals surface area contributed by atoms with Crippen LogP contribution in [0.25, 0.3) is 0 Å². The monoisotopic (exact) mass is 248 g/mol. The summed E-state index contributed by atoms with van der Waals surface area (Å²) in [6, 6.07) is 0. The Labute approximate surface area is 103 Å². The van der Waals surface area contributed by atoms with Crippen LogP contribution < -0.4 is 0 Å². The SMILES string of the molecule is CCCCCCCC[C@@H]1SC[C@H](CO)S1. The quantitative estimate of drug-likeness (QED) is 0.658. The van der Waals surface area contributed by atoms with Crippen LogP contribution in [0, 0.1) is 0 Å². The van der Waals surface area contributed by atoms with Gasteiger partial charge in [0.05, 0.1) is 11.2 Å². The van der Waals surface area contributed by atoms with Crippen LogP contribution in [0.3, 0.4) is 0 Å². The average molecular weight is 248 g/mol. The molecule has 1 rings (SSSR count). The van der Waals surface area contributed by atoms with E-state index in [1.54, 1.807) is 0 Å². The van der Waals surface area contributed by atoms with Crippen molar-refractivity contribution in [2.45, 2.75) is 61.7 Å². The van der Waals surface area contributed by atoms with E-state index in [-0.39, 0.29) is 0 Å². The molecule has 1 aliphatic rings. The highest BCUT2D eigenvalue weighted by molar-refractivity contribution is 8.20. The predicted octanol–water partition coefficient (Wildman–Crippen LogP) is 3.90. The molecule has 0 aromatic rings. The van der Waals surface area contributed by atoms with Gasteiger partial charge in [-0.2, -0.15) is 0 Å². The summed E-state index contributed by atoms with van der Waals surface area (Å²) in [4.78, 5) is 0. The number of hydrogen-bond donors (Lipinski definition) is 1. The van der Waals surface area contributed by atoms with E-state index in [0.29, 0.717) is 11.9 Å². The molecule has 0 radical (unpaired) electrons. The Kier molecular flexibility index (Phi) is 8.02. The third kappa shape index (κ3) is 6.08. The molecule has 0 bridgehead atoms. The van der Waals surface area contributed by atoms with Gasteiger partial charge in [0.25, 0.3) is 0 Å². The molecule has 1 fully saturated rings. The topological polar surface area (TPSA) is 20.2 Å². The van der Waals surface area contributed by atoms with E-state index < -0.39 is 0 Å². The summed E-state index contributed by atoms with van der Waals surface area (Å²) in [5.41, 5.74) is 0. The molecular formula is C12H24OS2. The van der Waals surface area contributed by atoms with E-state index in [1.165, 1.54) is 44.9 Å². The van der Waals surface area contributed by atoms with Crippen molar-refractivity contribution < 1.29 is 5.11 Å². The zero-order chi connectivity index (χ0) is 10.9. The molecule has 2 atom stereocenters. The largest absolute Gasteiger partial charge is 0.395 e. The number of thioether (sulfide) groups is 2. The second-order valence-corrected chi connectivity index (χ2v) is 7.30. The molecule has 0 amide bonds. The molecule has 0 aliphatic carbocycles. The number of aliphatic hydroxyl groups is 1. The van der Waals surface area contributed by atoms with Crippen molar-refractivity contribution in [2.24, 2.45) is 0 Å². The van der Waals surface area contributed by atoms with Gasteiger partial charge in [-0.25, -0.2) is 0 Å². The van der Waals surface area contributed by atoms with Gasteiger partial charge in [-0.15, -0.1) is 23.5 Å². The van der Waals surface area contributed by atoms with Crippen LogP contribution in [0.5, 0.6) is 0 Å². The van der Waals surface area contributed by atoms with Gasteiger partial charge in [0.1, 0.15) is 0 Å². The van der Waals surface area contributed by atoms with Crippen molar-refractivity contribution in [1.29, 1.82) is 0 Å². The summed E-state index contributed by atoms with van der Waals surface area (Å²) in [5, 5.41) is 9.53. The van der Waals surface area contributed by atoms with E-state index >= 15 is 0 Å². The van der Waals surface area contributed by atoms with E-state index in [0.717, 1.165) is 10.3 Å². The summed E-state index contributed by atoms with van der Waals surface area (Å²) in [6.45, 7) is 2.63. The van der Waals surface area contributed by atoms with Crippen LogP contribution in [0.15, 0.2) is 0 Å². The number of hydrogen-bond acceptors (Lipinski definition) is 3. The molecule has 0 spiro atoms. The molecule has 0 saturated carbocycles. The van der Waals surface area contributed by atoms with Crippen LogP contribution >= 0.6 is 23.5 Å². The molecule has 1 aliphatic heterocycles. The molecule has 0 unspecified atom stereocenters. The van der Waals surface area contributed by atoms with Crippen LogP contribution in [-0.2, 0) is 0 Å². The lowest BCUT2D eigenvalue weighted by atomic mass is 10.1. The Morgan fingerprint density at radius 1 is 1.13 bits per heavy atom. The summed E-state index contributed by atoms with van der Waals surface area (Å²) >= 11 is 4.04. The van der Waals surface area contributed by atoms with Crippen molar-refractivity contribution in [3.63, 3.8) is 0 Å². The van der Waals surface area contributed by atoms with Crippen LogP contribution in [0.1, 0.15) is 51.9 Å². The molecular weight excluding hydrogens is 224 g/mol. The van der Waals surface area contributed by atoms with Gasteiger partial charge in [-0.3, -0.25) is 0 Å². The van der Waals surface area contributed by atoms with Crippen molar-refractivity contribution in [1.82, 2.24) is 0 Å². The van der Waals surface area contributed by atoms with E-state index in [4.69, 9.17) is 5.11 Å². The number of unbranched alkanes of at least 4 members (excludes halogenated alkanes) is 5. The van der Waals surface area contributed by atoms with E-state index in [1.807, 2.05) is 23.5 Å². The first-order valence-electron chi connectivity index (χ1n) is 6.24. The predicted molar refractivity (Wildman–Crippen MR) is 72.7 cm³/mol. The minimum absolute atomic E-state index is 0.366. The molecule has 15 heavy (non-hydrogen) atoms. The third-order valence-electron chi connectivity index (χ3n) is 2.81. The Hall–Kier alpha value is 0.660. The normalized spacial score (nSPS) is 26.0. The minimum Gasteiger partial charge on any atom is -0.395 e. The van der Waals surface area contributed by atoms with Gasteiger partial charge in [-0.1, -0.05) is 45.4 Å². The molecule has 1 nitrogen and oxygen atoms in total. The van der Waals surface area contributed by atoms with Crippen molar-refractivity contribution in [3.05, 3.63) is 0 Å². The Morgan fingerprint density at radius 2 is 1.87 bits per heavy atom. The van der Waals surface area contributed by atoms with Gasteiger partial charge >= 0.3 is 0 Å². The van der Waals surface area contributed by atoms with Crippen molar-refractivity contribution >= 4 is 23.5 Å². The number of aliphatic hydroxyl groups excluding tert-OH is 1. The molecule has 1 heterocycles.